The number of amides is 2. The Morgan fingerprint density at radius 3 is 2.29 bits per heavy atom. The van der Waals surface area contributed by atoms with Gasteiger partial charge in [0.05, 0.1) is 20.3 Å². The molecule has 0 aliphatic heterocycles. The first-order chi connectivity index (χ1) is 23.9. The van der Waals surface area contributed by atoms with Crippen molar-refractivity contribution in [3.05, 3.63) is 131 Å². The van der Waals surface area contributed by atoms with E-state index in [4.69, 9.17) is 18.5 Å². The summed E-state index contributed by atoms with van der Waals surface area (Å²) in [6.45, 7) is 5.80. The Labute approximate surface area is 288 Å². The molecule has 3 N–H and O–H groups in total. The van der Waals surface area contributed by atoms with Crippen LogP contribution in [0.1, 0.15) is 41.9 Å². The second kappa shape index (κ2) is 19.9. The van der Waals surface area contributed by atoms with Gasteiger partial charge in [-0.15, -0.1) is 0 Å². The molecule has 0 aliphatic rings. The van der Waals surface area contributed by atoms with E-state index in [9.17, 15) is 14.0 Å². The number of halogens is 1. The number of hydrogen-bond donors (Lipinski definition) is 3. The molecule has 0 spiro atoms. The van der Waals surface area contributed by atoms with Gasteiger partial charge >= 0.3 is 12.0 Å². The average molecular weight is 686 g/mol. The van der Waals surface area contributed by atoms with Gasteiger partial charge in [0.15, 0.2) is 8.38 Å². The summed E-state index contributed by atoms with van der Waals surface area (Å²) in [6.07, 6.45) is 0.174. The summed E-state index contributed by atoms with van der Waals surface area (Å²) in [4.78, 5) is 25.0. The van der Waals surface area contributed by atoms with Gasteiger partial charge in [-0.2, -0.15) is 0 Å². The summed E-state index contributed by atoms with van der Waals surface area (Å²) in [5.74, 6) is 5.63. The molecule has 4 aromatic rings. The van der Waals surface area contributed by atoms with Gasteiger partial charge in [-0.05, 0) is 79.1 Å². The SMILES string of the molecule is CCOP(OCC)C(NCc1ccccc1)c1cccc(OCC#Cc2cccc(CC(NC(=O)Nc3ccc(F)cc3)C(=O)OC)c2)c1. The molecule has 4 aromatic carbocycles. The normalized spacial score (nSPS) is 11.9. The molecule has 256 valence electrons. The number of esters is 1. The van der Waals surface area contributed by atoms with E-state index in [1.54, 1.807) is 0 Å². The van der Waals surface area contributed by atoms with Crippen molar-refractivity contribution in [3.8, 4) is 17.6 Å². The number of carbonyl (C=O) groups excluding carboxylic acids is 2. The Hall–Kier alpha value is -4.78. The Kier molecular flexibility index (Phi) is 15.0. The third kappa shape index (κ3) is 12.3. The molecule has 11 heteroatoms. The third-order valence-electron chi connectivity index (χ3n) is 7.04. The predicted octanol–water partition coefficient (Wildman–Crippen LogP) is 7.34. The van der Waals surface area contributed by atoms with E-state index in [-0.39, 0.29) is 18.8 Å². The highest BCUT2D eigenvalue weighted by Crippen LogP contribution is 2.51. The van der Waals surface area contributed by atoms with E-state index in [0.717, 1.165) is 22.3 Å². The topological polar surface area (TPSA) is 107 Å². The molecule has 2 atom stereocenters. The second-order valence-electron chi connectivity index (χ2n) is 10.6. The molecule has 0 saturated heterocycles. The number of urea groups is 1. The number of benzene rings is 4. The summed E-state index contributed by atoms with van der Waals surface area (Å²) in [5.41, 5.74) is 4.02. The standard InChI is InChI=1S/C38H41FN3O6P/c1-4-47-49(48-5-2)36(40-27-29-12-7-6-8-13-29)31-17-10-18-34(26-31)46-23-11-16-28-14-9-15-30(24-28)25-35(37(43)45-3)42-38(44)41-33-21-19-32(39)20-22-33/h6-10,12-15,17-22,24,26,35-36,40H,4-5,23,25,27H2,1-3H3,(H2,41,42,44). The van der Waals surface area contributed by atoms with Crippen LogP contribution in [-0.4, -0.2) is 45.0 Å². The Bertz CT molecular complexity index is 1690. The quantitative estimate of drug-likeness (QED) is 0.0644. The van der Waals surface area contributed by atoms with Gasteiger partial charge < -0.3 is 29.2 Å². The van der Waals surface area contributed by atoms with Crippen LogP contribution in [0.15, 0.2) is 103 Å². The number of hydrogen-bond acceptors (Lipinski definition) is 7. The molecule has 2 amide bonds. The molecule has 49 heavy (non-hydrogen) atoms. The summed E-state index contributed by atoms with van der Waals surface area (Å²) in [7, 11) is 0.00358. The van der Waals surface area contributed by atoms with E-state index < -0.39 is 32.2 Å². The van der Waals surface area contributed by atoms with E-state index in [2.05, 4.69) is 39.9 Å². The smallest absolute Gasteiger partial charge is 0.328 e. The van der Waals surface area contributed by atoms with Gasteiger partial charge in [-0.1, -0.05) is 66.4 Å². The number of anilines is 1. The number of carbonyl (C=O) groups is 2. The summed E-state index contributed by atoms with van der Waals surface area (Å²) in [5, 5.41) is 8.83. The fourth-order valence-electron chi connectivity index (χ4n) is 4.80. The summed E-state index contributed by atoms with van der Waals surface area (Å²) in [6, 6.07) is 29.1. The lowest BCUT2D eigenvalue weighted by molar-refractivity contribution is -0.142. The van der Waals surface area contributed by atoms with Crippen molar-refractivity contribution in [2.45, 2.75) is 38.6 Å². The molecule has 0 aliphatic carbocycles. The first-order valence-corrected chi connectivity index (χ1v) is 17.2. The molecular formula is C38H41FN3O6P. The van der Waals surface area contributed by atoms with Gasteiger partial charge in [0.2, 0.25) is 0 Å². The molecule has 9 nitrogen and oxygen atoms in total. The summed E-state index contributed by atoms with van der Waals surface area (Å²) >= 11 is 0. The van der Waals surface area contributed by atoms with Gasteiger partial charge in [-0.3, -0.25) is 5.32 Å². The number of methoxy groups -OCH3 is 1. The zero-order valence-electron chi connectivity index (χ0n) is 27.8. The van der Waals surface area contributed by atoms with Crippen LogP contribution in [-0.2, 0) is 31.5 Å². The molecule has 4 rings (SSSR count). The minimum atomic E-state index is -1.25. The fraction of sp³-hybridized carbons (Fsp3) is 0.263. The van der Waals surface area contributed by atoms with Crippen LogP contribution in [0, 0.1) is 17.7 Å². The molecular weight excluding hydrogens is 644 g/mol. The molecule has 0 saturated carbocycles. The predicted molar refractivity (Wildman–Crippen MR) is 190 cm³/mol. The molecule has 0 heterocycles. The first-order valence-electron chi connectivity index (χ1n) is 15.9. The Balaban J connectivity index is 1.38. The number of rotatable bonds is 16. The Morgan fingerprint density at radius 2 is 1.57 bits per heavy atom. The first kappa shape index (κ1) is 37.0. The minimum Gasteiger partial charge on any atom is -0.481 e. The molecule has 0 aromatic heterocycles. The maximum Gasteiger partial charge on any atom is 0.328 e. The average Bonchev–Trinajstić information content (AvgIpc) is 3.11. The van der Waals surface area contributed by atoms with Crippen LogP contribution < -0.4 is 20.7 Å². The van der Waals surface area contributed by atoms with Crippen molar-refractivity contribution in [3.63, 3.8) is 0 Å². The third-order valence-corrected chi connectivity index (χ3v) is 8.97. The summed E-state index contributed by atoms with van der Waals surface area (Å²) < 4.78 is 36.2. The van der Waals surface area contributed by atoms with Crippen LogP contribution in [0.4, 0.5) is 14.9 Å². The fourth-order valence-corrected chi connectivity index (χ4v) is 6.33. The van der Waals surface area contributed by atoms with Crippen LogP contribution in [0.25, 0.3) is 0 Å². The van der Waals surface area contributed by atoms with Crippen LogP contribution in [0.3, 0.4) is 0 Å². The Morgan fingerprint density at radius 1 is 0.857 bits per heavy atom. The lowest BCUT2D eigenvalue weighted by atomic mass is 10.0. The number of nitrogens with one attached hydrogen (secondary N) is 3. The van der Waals surface area contributed by atoms with Crippen molar-refractivity contribution in [1.82, 2.24) is 10.6 Å². The lowest BCUT2D eigenvalue weighted by Crippen LogP contribution is -2.45. The van der Waals surface area contributed by atoms with Crippen molar-refractivity contribution in [2.75, 3.05) is 32.2 Å². The van der Waals surface area contributed by atoms with E-state index in [0.29, 0.717) is 31.2 Å². The highest BCUT2D eigenvalue weighted by Gasteiger charge is 2.26. The van der Waals surface area contributed by atoms with Crippen LogP contribution in [0.2, 0.25) is 0 Å². The van der Waals surface area contributed by atoms with Crippen LogP contribution >= 0.6 is 8.38 Å². The molecule has 0 fully saturated rings. The lowest BCUT2D eigenvalue weighted by Gasteiger charge is -2.27. The van der Waals surface area contributed by atoms with Gasteiger partial charge in [0.1, 0.15) is 30.0 Å². The highest BCUT2D eigenvalue weighted by atomic mass is 31.2. The van der Waals surface area contributed by atoms with Gasteiger partial charge in [0, 0.05) is 24.2 Å². The van der Waals surface area contributed by atoms with Crippen molar-refractivity contribution < 1.29 is 32.5 Å². The van der Waals surface area contributed by atoms with E-state index in [1.165, 1.54) is 31.4 Å². The zero-order chi connectivity index (χ0) is 34.8. The molecule has 0 radical (unpaired) electrons. The molecule has 0 bridgehead atoms. The largest absolute Gasteiger partial charge is 0.481 e. The maximum atomic E-state index is 13.2. The number of ether oxygens (including phenoxy) is 2. The highest BCUT2D eigenvalue weighted by molar-refractivity contribution is 7.47. The monoisotopic (exact) mass is 685 g/mol. The van der Waals surface area contributed by atoms with Crippen molar-refractivity contribution in [1.29, 1.82) is 0 Å². The molecule has 2 unspecified atom stereocenters. The van der Waals surface area contributed by atoms with Gasteiger partial charge in [-0.25, -0.2) is 14.0 Å². The maximum absolute atomic E-state index is 13.2. The van der Waals surface area contributed by atoms with Gasteiger partial charge in [0.25, 0.3) is 0 Å². The van der Waals surface area contributed by atoms with Crippen molar-refractivity contribution >= 4 is 26.1 Å². The van der Waals surface area contributed by atoms with E-state index >= 15 is 0 Å². The zero-order valence-corrected chi connectivity index (χ0v) is 28.7. The van der Waals surface area contributed by atoms with E-state index in [1.807, 2.05) is 80.6 Å². The second-order valence-corrected chi connectivity index (χ2v) is 12.2. The van der Waals surface area contributed by atoms with Crippen LogP contribution in [0.5, 0.6) is 5.75 Å². The van der Waals surface area contributed by atoms with Crippen molar-refractivity contribution in [2.24, 2.45) is 0 Å². The minimum absolute atomic E-state index is 0.150.